The van der Waals surface area contributed by atoms with Crippen LogP contribution in [0.5, 0.6) is 0 Å². The third-order valence-electron chi connectivity index (χ3n) is 19.4. The Labute approximate surface area is 444 Å². The molecule has 1 saturated carbocycles. The average molecular weight is 1090 g/mol. The van der Waals surface area contributed by atoms with Gasteiger partial charge in [0.25, 0.3) is 0 Å². The maximum Gasteiger partial charge on any atom is 0.187 e. The zero-order valence-corrected chi connectivity index (χ0v) is 45.3. The van der Waals surface area contributed by atoms with Crippen LogP contribution in [0.1, 0.15) is 99.3 Å². The van der Waals surface area contributed by atoms with Crippen LogP contribution in [0, 0.1) is 22.7 Å². The van der Waals surface area contributed by atoms with Gasteiger partial charge in [-0.3, -0.25) is 0 Å². The highest BCUT2D eigenvalue weighted by Crippen LogP contribution is 2.69. The smallest absolute Gasteiger partial charge is 0.187 e. The molecule has 0 aromatic rings. The minimum Gasteiger partial charge on any atom is -0.491 e. The molecule has 8 heterocycles. The van der Waals surface area contributed by atoms with E-state index in [1.807, 2.05) is 13.8 Å². The Balaban J connectivity index is 0.654. The van der Waals surface area contributed by atoms with Gasteiger partial charge in [-0.2, -0.15) is 0 Å². The lowest BCUT2D eigenvalue weighted by Crippen LogP contribution is -2.62. The van der Waals surface area contributed by atoms with Gasteiger partial charge >= 0.3 is 0 Å². The van der Waals surface area contributed by atoms with Crippen molar-refractivity contribution in [2.45, 2.75) is 253 Å². The first-order chi connectivity index (χ1) is 36.3. The van der Waals surface area contributed by atoms with E-state index >= 15 is 0 Å². The molecule has 0 bridgehead atoms. The lowest BCUT2D eigenvalue weighted by atomic mass is 9.52. The molecule has 22 nitrogen and oxygen atoms in total. The van der Waals surface area contributed by atoms with Crippen molar-refractivity contribution in [1.82, 2.24) is 0 Å². The molecule has 0 aromatic carbocycles. The topological polar surface area (TPSA) is 269 Å². The summed E-state index contributed by atoms with van der Waals surface area (Å²) < 4.78 is 99.9. The number of allylic oxidation sites excluding steroid dienone is 2. The Hall–Kier alpha value is -1.56. The van der Waals surface area contributed by atoms with Crippen molar-refractivity contribution in [3.63, 3.8) is 0 Å². The SMILES string of the molecule is CO[C@@H]1[C@@H](O)[C@H](O[C@H]2CC[C@@]3(C)C(=CCC4=C5O[C@@H]6CO[C@]7(C)OC[C@@]5(CC[C@@H]43)[C@H]67)C2)O[C@H](C)[C@H]1O[C@H]1C[C@H](O)[C@H](O[C@H]2C[C@H](OC)[C@H](O[C@H]3C[C@H](OC)[C@H](O[C@H]4O[C@@H](CO)[C@H](O)[C@@H](O)[C@@H]4O)[C@H](C)O3)[C@@H](C)O2)[C@@H](C)O1. The number of ether oxygens (including phenoxy) is 16. The molecule has 0 radical (unpaired) electrons. The monoisotopic (exact) mass is 1080 g/mol. The van der Waals surface area contributed by atoms with Crippen molar-refractivity contribution in [2.75, 3.05) is 41.2 Å². The van der Waals surface area contributed by atoms with Crippen LogP contribution in [0.3, 0.4) is 0 Å². The second kappa shape index (κ2) is 22.0. The molecule has 9 fully saturated rings. The van der Waals surface area contributed by atoms with Crippen LogP contribution in [0.2, 0.25) is 0 Å². The van der Waals surface area contributed by atoms with E-state index in [2.05, 4.69) is 19.9 Å². The van der Waals surface area contributed by atoms with Crippen molar-refractivity contribution in [3.8, 4) is 0 Å². The Kier molecular flexibility index (Phi) is 16.3. The highest BCUT2D eigenvalue weighted by atomic mass is 16.8. The minimum atomic E-state index is -1.60. The fourth-order valence-corrected chi connectivity index (χ4v) is 15.3. The van der Waals surface area contributed by atoms with Gasteiger partial charge in [0.15, 0.2) is 37.2 Å². The van der Waals surface area contributed by atoms with E-state index in [9.17, 15) is 30.6 Å². The van der Waals surface area contributed by atoms with Gasteiger partial charge in [0, 0.05) is 40.6 Å². The first-order valence-electron chi connectivity index (χ1n) is 27.8. The summed E-state index contributed by atoms with van der Waals surface area (Å²) in [6.07, 6.45) is -11.6. The molecule has 8 saturated heterocycles. The zero-order valence-electron chi connectivity index (χ0n) is 45.3. The highest BCUT2D eigenvalue weighted by Gasteiger charge is 2.72. The van der Waals surface area contributed by atoms with Gasteiger partial charge < -0.3 is 106 Å². The van der Waals surface area contributed by atoms with Crippen molar-refractivity contribution in [3.05, 3.63) is 23.0 Å². The third-order valence-corrected chi connectivity index (χ3v) is 19.4. The normalized spacial score (nSPS) is 54.1. The standard InChI is InChI=1S/C54H84O22/c1-23-43(73-37-18-32(61-7)44(24(2)67-37)74-38-19-33(62-8)45(25(3)68-38)76-50-41(59)40(58)39(57)34(20-55)72-50)31(56)17-36(66-23)75-46-26(4)69-51(42(60)47(46)63-9)70-28-12-14-52(5)27(16-28)10-11-29-30(52)13-15-54-22-65-53(6)48(54)35(21-64-53)71-49(29)54/h10,23-26,28,30-48,50-51,55-60H,11-22H2,1-9H3/t23-,24-,25+,26-,28+,30+,31+,32+,33+,34+,35-,36+,37+,38+,39+,40-,41+,42-,43-,44-,45-,46-,47-,48-,50-,51+,52+,53-,54+/m1/s1. The summed E-state index contributed by atoms with van der Waals surface area (Å²) in [6, 6.07) is 0. The van der Waals surface area contributed by atoms with E-state index < -0.39 is 148 Å². The second-order valence-corrected chi connectivity index (χ2v) is 23.8. The van der Waals surface area contributed by atoms with E-state index in [-0.39, 0.29) is 48.2 Å². The predicted octanol–water partition coefficient (Wildman–Crippen LogP) is 1.59. The minimum absolute atomic E-state index is 0.00983. The molecule has 8 aliphatic heterocycles. The van der Waals surface area contributed by atoms with E-state index in [1.54, 1.807) is 21.0 Å². The number of methoxy groups -OCH3 is 3. The first kappa shape index (κ1) is 56.3. The number of fused-ring (bicyclic) bond motifs is 3. The first-order valence-corrected chi connectivity index (χ1v) is 27.8. The fraction of sp³-hybridized carbons (Fsp3) is 0.926. The van der Waals surface area contributed by atoms with Crippen molar-refractivity contribution in [2.24, 2.45) is 22.7 Å². The molecule has 1 spiro atoms. The van der Waals surface area contributed by atoms with Gasteiger partial charge in [-0.15, -0.1) is 0 Å². The quantitative estimate of drug-likeness (QED) is 0.135. The lowest BCUT2D eigenvalue weighted by Gasteiger charge is -2.52. The van der Waals surface area contributed by atoms with Crippen LogP contribution in [0.4, 0.5) is 0 Å². The number of hydrogen-bond donors (Lipinski definition) is 6. The Morgan fingerprint density at radius 2 is 1.24 bits per heavy atom. The van der Waals surface area contributed by atoms with Gasteiger partial charge in [-0.05, 0) is 90.0 Å². The van der Waals surface area contributed by atoms with E-state index in [4.69, 9.17) is 75.8 Å². The average Bonchev–Trinajstić information content (AvgIpc) is 4.19. The number of aliphatic hydroxyl groups is 6. The summed E-state index contributed by atoms with van der Waals surface area (Å²) in [7, 11) is 4.61. The lowest BCUT2D eigenvalue weighted by molar-refractivity contribution is -0.361. The fourth-order valence-electron chi connectivity index (χ4n) is 15.3. The van der Waals surface area contributed by atoms with Crippen LogP contribution >= 0.6 is 0 Å². The predicted molar refractivity (Wildman–Crippen MR) is 259 cm³/mol. The largest absolute Gasteiger partial charge is 0.491 e. The molecule has 6 N–H and O–H groups in total. The molecular formula is C54H84O22. The maximum absolute atomic E-state index is 11.8. The van der Waals surface area contributed by atoms with Gasteiger partial charge in [-0.1, -0.05) is 18.6 Å². The van der Waals surface area contributed by atoms with Gasteiger partial charge in [0.2, 0.25) is 0 Å². The van der Waals surface area contributed by atoms with Crippen molar-refractivity contribution >= 4 is 0 Å². The second-order valence-electron chi connectivity index (χ2n) is 23.8. The summed E-state index contributed by atoms with van der Waals surface area (Å²) in [5.74, 6) is 1.26. The molecule has 29 atom stereocenters. The molecule has 11 aliphatic rings. The molecule has 11 rings (SSSR count). The molecule has 22 heteroatoms. The van der Waals surface area contributed by atoms with Crippen LogP contribution < -0.4 is 0 Å². The third kappa shape index (κ3) is 9.78. The summed E-state index contributed by atoms with van der Waals surface area (Å²) in [5, 5.41) is 64.1. The maximum atomic E-state index is 11.8. The van der Waals surface area contributed by atoms with Crippen LogP contribution in [-0.2, 0) is 75.8 Å². The van der Waals surface area contributed by atoms with Crippen molar-refractivity contribution in [1.29, 1.82) is 0 Å². The Bertz CT molecular complexity index is 2090. The summed E-state index contributed by atoms with van der Waals surface area (Å²) >= 11 is 0. The van der Waals surface area contributed by atoms with Crippen molar-refractivity contribution < 1.29 is 106 Å². The van der Waals surface area contributed by atoms with E-state index in [1.165, 1.54) is 31.1 Å². The number of aliphatic hydroxyl groups excluding tert-OH is 6. The summed E-state index contributed by atoms with van der Waals surface area (Å²) in [4.78, 5) is 0. The van der Waals surface area contributed by atoms with E-state index in [0.29, 0.717) is 19.1 Å². The molecular weight excluding hydrogens is 1000 g/mol. The molecule has 0 aromatic heterocycles. The molecule has 0 unspecified atom stereocenters. The van der Waals surface area contributed by atoms with Gasteiger partial charge in [0.1, 0.15) is 72.9 Å². The molecule has 3 aliphatic carbocycles. The molecule has 0 amide bonds. The molecule has 432 valence electrons. The van der Waals surface area contributed by atoms with Crippen LogP contribution in [-0.4, -0.2) is 225 Å². The summed E-state index contributed by atoms with van der Waals surface area (Å²) in [6.45, 7) is 12.4. The summed E-state index contributed by atoms with van der Waals surface area (Å²) in [5.41, 5.74) is 2.75. The number of rotatable bonds is 14. The number of hydrogen-bond acceptors (Lipinski definition) is 22. The molecule has 76 heavy (non-hydrogen) atoms. The Morgan fingerprint density at radius 3 is 1.89 bits per heavy atom. The van der Waals surface area contributed by atoms with Gasteiger partial charge in [-0.25, -0.2) is 0 Å². The Morgan fingerprint density at radius 1 is 0.618 bits per heavy atom. The van der Waals surface area contributed by atoms with Crippen LogP contribution in [0.15, 0.2) is 23.0 Å². The van der Waals surface area contributed by atoms with E-state index in [0.717, 1.165) is 38.5 Å². The zero-order chi connectivity index (χ0) is 53.7. The highest BCUT2D eigenvalue weighted by molar-refractivity contribution is 5.40. The van der Waals surface area contributed by atoms with Gasteiger partial charge in [0.05, 0.1) is 80.0 Å². The van der Waals surface area contributed by atoms with Crippen LogP contribution in [0.25, 0.3) is 0 Å².